The first-order valence-corrected chi connectivity index (χ1v) is 17.3. The van der Waals surface area contributed by atoms with Crippen LogP contribution in [0.1, 0.15) is 42.4 Å². The molecule has 0 aliphatic carbocycles. The maximum Gasteiger partial charge on any atom is 0.333 e. The second-order valence-corrected chi connectivity index (χ2v) is 12.5. The fraction of sp³-hybridized carbons (Fsp3) is 0.421. The van der Waals surface area contributed by atoms with Crippen LogP contribution in [0.15, 0.2) is 84.1 Å². The number of hydrogen-bond donors (Lipinski definition) is 1. The topological polar surface area (TPSA) is 104 Å². The monoisotopic (exact) mass is 713 g/mol. The Bertz CT molecular complexity index is 1510. The van der Waals surface area contributed by atoms with Crippen molar-refractivity contribution in [2.24, 2.45) is 5.92 Å². The summed E-state index contributed by atoms with van der Waals surface area (Å²) in [5.41, 5.74) is 3.49. The number of halogens is 2. The van der Waals surface area contributed by atoms with E-state index in [-0.39, 0.29) is 17.6 Å². The second kappa shape index (κ2) is 19.6. The van der Waals surface area contributed by atoms with Crippen LogP contribution in [0.25, 0.3) is 0 Å². The first kappa shape index (κ1) is 38.2. The first-order chi connectivity index (χ1) is 23.7. The van der Waals surface area contributed by atoms with Crippen molar-refractivity contribution in [2.45, 2.75) is 44.1 Å². The summed E-state index contributed by atoms with van der Waals surface area (Å²) in [7, 11) is 3.27. The summed E-state index contributed by atoms with van der Waals surface area (Å²) in [6.45, 7) is 4.87. The first-order valence-electron chi connectivity index (χ1n) is 16.4. The molecule has 1 saturated heterocycles. The Kier molecular flexibility index (Phi) is 15.2. The number of nitrogens with zero attached hydrogens (tertiary/aromatic N) is 1. The lowest BCUT2D eigenvalue weighted by atomic mass is 9.73. The van der Waals surface area contributed by atoms with E-state index in [1.807, 2.05) is 60.7 Å². The Morgan fingerprint density at radius 2 is 1.45 bits per heavy atom. The Labute approximate surface area is 298 Å². The summed E-state index contributed by atoms with van der Waals surface area (Å²) in [4.78, 5) is 28.2. The Balaban J connectivity index is 0.000000350. The van der Waals surface area contributed by atoms with Crippen LogP contribution in [0.5, 0.6) is 11.5 Å². The summed E-state index contributed by atoms with van der Waals surface area (Å²) in [6, 6.07) is 22.4. The number of allylic oxidation sites excluding steroid dienone is 1. The number of alkyl halides is 1. The van der Waals surface area contributed by atoms with Crippen LogP contribution in [0.3, 0.4) is 0 Å². The molecule has 0 spiro atoms. The molecule has 3 aromatic rings. The number of aliphatic carboxylic acids is 1. The predicted octanol–water partition coefficient (Wildman–Crippen LogP) is 7.14. The third kappa shape index (κ3) is 10.9. The molecule has 0 saturated carbocycles. The quantitative estimate of drug-likeness (QED) is 0.131. The molecule has 1 N–H and O–H groups in total. The molecule has 264 valence electrons. The van der Waals surface area contributed by atoms with Crippen molar-refractivity contribution in [3.05, 3.63) is 106 Å². The van der Waals surface area contributed by atoms with Gasteiger partial charge in [0.05, 0.1) is 37.4 Å². The summed E-state index contributed by atoms with van der Waals surface area (Å²) in [6.07, 6.45) is 2.10. The number of methoxy groups -OCH3 is 2. The zero-order chi connectivity index (χ0) is 35.2. The summed E-state index contributed by atoms with van der Waals surface area (Å²) in [5, 5.41) is 10.9. The van der Waals surface area contributed by atoms with Gasteiger partial charge in [-0.3, -0.25) is 4.79 Å². The van der Waals surface area contributed by atoms with E-state index in [2.05, 4.69) is 0 Å². The second-order valence-electron chi connectivity index (χ2n) is 11.8. The highest BCUT2D eigenvalue weighted by Gasteiger charge is 2.44. The fourth-order valence-electron chi connectivity index (χ4n) is 6.00. The fourth-order valence-corrected chi connectivity index (χ4v) is 6.30. The molecule has 1 unspecified atom stereocenters. The lowest BCUT2D eigenvalue weighted by Gasteiger charge is -2.40. The molecule has 0 radical (unpaired) electrons. The number of benzene rings is 3. The minimum Gasteiger partial charge on any atom is -0.491 e. The van der Waals surface area contributed by atoms with E-state index in [1.54, 1.807) is 38.2 Å². The lowest BCUT2D eigenvalue weighted by molar-refractivity contribution is -0.139. The molecule has 0 bridgehead atoms. The molecule has 0 aromatic heterocycles. The smallest absolute Gasteiger partial charge is 0.333 e. The SMILES string of the molecule is COCCOc1ccc(CC2C(=O)N(C[C@H]3CCCO3)C(C)=C(C(=O)O)[C@H]2c2ccc(Cl)cc2)cc1.COCCOc1ccc(CCl)cc1. The van der Waals surface area contributed by atoms with Gasteiger partial charge in [-0.05, 0) is 79.3 Å². The molecule has 49 heavy (non-hydrogen) atoms. The van der Waals surface area contributed by atoms with Crippen molar-refractivity contribution < 1.29 is 38.4 Å². The highest BCUT2D eigenvalue weighted by molar-refractivity contribution is 6.30. The third-order valence-electron chi connectivity index (χ3n) is 8.53. The van der Waals surface area contributed by atoms with Crippen LogP contribution in [0, 0.1) is 5.92 Å². The zero-order valence-electron chi connectivity index (χ0n) is 28.2. The van der Waals surface area contributed by atoms with E-state index in [9.17, 15) is 14.7 Å². The van der Waals surface area contributed by atoms with Gasteiger partial charge in [0, 0.05) is 43.3 Å². The van der Waals surface area contributed by atoms with Crippen LogP contribution in [0.2, 0.25) is 5.02 Å². The van der Waals surface area contributed by atoms with E-state index in [0.717, 1.165) is 35.3 Å². The lowest BCUT2D eigenvalue weighted by Crippen LogP contribution is -2.47. The summed E-state index contributed by atoms with van der Waals surface area (Å²) in [5.74, 6) is -0.211. The van der Waals surface area contributed by atoms with Crippen molar-refractivity contribution in [1.29, 1.82) is 0 Å². The van der Waals surface area contributed by atoms with Gasteiger partial charge in [0.2, 0.25) is 5.91 Å². The van der Waals surface area contributed by atoms with Gasteiger partial charge in [-0.2, -0.15) is 0 Å². The maximum atomic E-state index is 14.0. The summed E-state index contributed by atoms with van der Waals surface area (Å²) >= 11 is 11.8. The molecular formula is C38H45Cl2NO8. The number of ether oxygens (including phenoxy) is 5. The molecule has 3 aromatic carbocycles. The molecule has 1 amide bonds. The van der Waals surface area contributed by atoms with Crippen LogP contribution in [0.4, 0.5) is 0 Å². The van der Waals surface area contributed by atoms with Crippen LogP contribution >= 0.6 is 23.2 Å². The van der Waals surface area contributed by atoms with Crippen molar-refractivity contribution in [3.63, 3.8) is 0 Å². The normalized spacial score (nSPS) is 19.0. The van der Waals surface area contributed by atoms with Gasteiger partial charge in [0.15, 0.2) is 0 Å². The minimum atomic E-state index is -1.02. The molecule has 2 aliphatic rings. The highest BCUT2D eigenvalue weighted by Crippen LogP contribution is 2.42. The average Bonchev–Trinajstić information content (AvgIpc) is 3.63. The van der Waals surface area contributed by atoms with Crippen molar-refractivity contribution in [3.8, 4) is 11.5 Å². The molecule has 2 aliphatic heterocycles. The standard InChI is InChI=1S/C28H32ClNO6.C10H13ClO2/c1-18-25(28(32)33)26(20-7-9-21(29)10-8-20)24(27(31)30(18)17-23-4-3-13-35-23)16-19-5-11-22(12-6-19)36-15-14-34-2;1-12-6-7-13-10-4-2-9(8-11)3-5-10/h5-12,23-24,26H,3-4,13-17H2,1-2H3,(H,32,33);2-5H,6-8H2,1H3/t23-,24?,26+;/m1./s1. The molecule has 2 heterocycles. The number of carbonyl (C=O) groups excluding carboxylic acids is 1. The Morgan fingerprint density at radius 1 is 0.878 bits per heavy atom. The molecular weight excluding hydrogens is 669 g/mol. The van der Waals surface area contributed by atoms with E-state index < -0.39 is 17.8 Å². The average molecular weight is 715 g/mol. The van der Waals surface area contributed by atoms with E-state index in [1.165, 1.54) is 0 Å². The Hall–Kier alpha value is -3.60. The van der Waals surface area contributed by atoms with E-state index in [4.69, 9.17) is 46.9 Å². The van der Waals surface area contributed by atoms with Gasteiger partial charge in [-0.15, -0.1) is 11.6 Å². The molecule has 1 fully saturated rings. The molecule has 11 heteroatoms. The van der Waals surface area contributed by atoms with Crippen LogP contribution < -0.4 is 9.47 Å². The van der Waals surface area contributed by atoms with Gasteiger partial charge in [0.25, 0.3) is 0 Å². The van der Waals surface area contributed by atoms with E-state index in [0.29, 0.717) is 68.3 Å². The van der Waals surface area contributed by atoms with Gasteiger partial charge in [-0.1, -0.05) is 48.0 Å². The minimum absolute atomic E-state index is 0.0878. The van der Waals surface area contributed by atoms with E-state index >= 15 is 0 Å². The molecule has 5 rings (SSSR count). The van der Waals surface area contributed by atoms with Gasteiger partial charge in [-0.25, -0.2) is 4.79 Å². The number of rotatable bonds is 15. The van der Waals surface area contributed by atoms with Gasteiger partial charge in [0.1, 0.15) is 24.7 Å². The Morgan fingerprint density at radius 3 is 1.94 bits per heavy atom. The highest BCUT2D eigenvalue weighted by atomic mass is 35.5. The van der Waals surface area contributed by atoms with Crippen molar-refractivity contribution >= 4 is 35.1 Å². The number of hydrogen-bond acceptors (Lipinski definition) is 7. The maximum absolute atomic E-state index is 14.0. The zero-order valence-corrected chi connectivity index (χ0v) is 29.8. The van der Waals surface area contributed by atoms with Gasteiger partial charge < -0.3 is 33.7 Å². The van der Waals surface area contributed by atoms with Crippen molar-refractivity contribution in [1.82, 2.24) is 4.90 Å². The van der Waals surface area contributed by atoms with Crippen LogP contribution in [-0.2, 0) is 36.1 Å². The number of carbonyl (C=O) groups is 2. The van der Waals surface area contributed by atoms with Gasteiger partial charge >= 0.3 is 5.97 Å². The van der Waals surface area contributed by atoms with Crippen molar-refractivity contribution in [2.75, 3.05) is 53.8 Å². The number of carboxylic acid groups (broad SMARTS) is 1. The summed E-state index contributed by atoms with van der Waals surface area (Å²) < 4.78 is 26.7. The third-order valence-corrected chi connectivity index (χ3v) is 9.09. The molecule has 9 nitrogen and oxygen atoms in total. The van der Waals surface area contributed by atoms with Crippen LogP contribution in [-0.4, -0.2) is 81.8 Å². The number of carboxylic acids is 1. The number of amides is 1. The predicted molar refractivity (Wildman–Crippen MR) is 190 cm³/mol. The largest absolute Gasteiger partial charge is 0.491 e. The molecule has 3 atom stereocenters.